The van der Waals surface area contributed by atoms with Crippen LogP contribution in [0.1, 0.15) is 12.8 Å². The number of amides is 1. The molecule has 0 spiro atoms. The van der Waals surface area contributed by atoms with E-state index in [9.17, 15) is 4.79 Å². The molecule has 8 heteroatoms. The number of hydrogen-bond donors (Lipinski definition) is 1. The lowest BCUT2D eigenvalue weighted by molar-refractivity contribution is -0.132. The number of hydrogen-bond acceptors (Lipinski definition) is 4. The minimum absolute atomic E-state index is 0. The fraction of sp³-hybridized carbons (Fsp3) is 0.611. The summed E-state index contributed by atoms with van der Waals surface area (Å²) < 4.78 is 0. The van der Waals surface area contributed by atoms with Crippen molar-refractivity contribution in [1.82, 2.24) is 15.1 Å². The Balaban J connectivity index is 0.00000169. The zero-order chi connectivity index (χ0) is 16.9. The van der Waals surface area contributed by atoms with Crippen molar-refractivity contribution in [3.05, 3.63) is 29.3 Å². The molecule has 26 heavy (non-hydrogen) atoms. The summed E-state index contributed by atoms with van der Waals surface area (Å²) in [7, 11) is 1.83. The van der Waals surface area contributed by atoms with E-state index < -0.39 is 0 Å². The van der Waals surface area contributed by atoms with Gasteiger partial charge >= 0.3 is 0 Å². The SMILES string of the molecule is CNCC(=O)N1CCCC(N2CCN(c3cccc(Cl)c3)CC2)C1.Cl.Cl. The topological polar surface area (TPSA) is 38.8 Å². The molecule has 0 radical (unpaired) electrons. The smallest absolute Gasteiger partial charge is 0.236 e. The average Bonchev–Trinajstić information content (AvgIpc) is 2.62. The Morgan fingerprint density at radius 1 is 1.19 bits per heavy atom. The Morgan fingerprint density at radius 3 is 2.58 bits per heavy atom. The van der Waals surface area contributed by atoms with Crippen LogP contribution in [0.25, 0.3) is 0 Å². The van der Waals surface area contributed by atoms with E-state index in [0.29, 0.717) is 12.6 Å². The zero-order valence-electron chi connectivity index (χ0n) is 15.2. The van der Waals surface area contributed by atoms with Gasteiger partial charge in [-0.25, -0.2) is 0 Å². The molecule has 1 N–H and O–H groups in total. The van der Waals surface area contributed by atoms with Crippen LogP contribution in [0.4, 0.5) is 5.69 Å². The summed E-state index contributed by atoms with van der Waals surface area (Å²) in [4.78, 5) is 19.1. The van der Waals surface area contributed by atoms with Crippen LogP contribution in [0, 0.1) is 0 Å². The minimum Gasteiger partial charge on any atom is -0.369 e. The first kappa shape index (κ1) is 23.3. The van der Waals surface area contributed by atoms with Gasteiger partial charge in [0.2, 0.25) is 5.91 Å². The minimum atomic E-state index is 0. The van der Waals surface area contributed by atoms with Crippen LogP contribution < -0.4 is 10.2 Å². The fourth-order valence-electron chi connectivity index (χ4n) is 3.76. The normalized spacial score (nSPS) is 20.9. The first-order chi connectivity index (χ1) is 11.7. The summed E-state index contributed by atoms with van der Waals surface area (Å²) in [5.41, 5.74) is 1.21. The van der Waals surface area contributed by atoms with Gasteiger partial charge in [0.1, 0.15) is 0 Å². The summed E-state index contributed by atoms with van der Waals surface area (Å²) in [5, 5.41) is 3.76. The van der Waals surface area contributed by atoms with Gasteiger partial charge in [-0.3, -0.25) is 9.69 Å². The van der Waals surface area contributed by atoms with Gasteiger partial charge in [-0.15, -0.1) is 24.8 Å². The van der Waals surface area contributed by atoms with Crippen molar-refractivity contribution in [2.24, 2.45) is 0 Å². The molecule has 0 bridgehead atoms. The third-order valence-electron chi connectivity index (χ3n) is 5.08. The van der Waals surface area contributed by atoms with Crippen molar-refractivity contribution in [3.8, 4) is 0 Å². The van der Waals surface area contributed by atoms with Gasteiger partial charge in [0.05, 0.1) is 6.54 Å². The highest BCUT2D eigenvalue weighted by atomic mass is 35.5. The molecule has 2 fully saturated rings. The monoisotopic (exact) mass is 422 g/mol. The molecule has 0 aliphatic carbocycles. The average molecular weight is 424 g/mol. The molecule has 1 amide bonds. The van der Waals surface area contributed by atoms with Gasteiger partial charge in [-0.2, -0.15) is 0 Å². The van der Waals surface area contributed by atoms with Crippen LogP contribution in [0.15, 0.2) is 24.3 Å². The molecule has 1 aromatic carbocycles. The maximum absolute atomic E-state index is 12.1. The van der Waals surface area contributed by atoms with Crippen LogP contribution in [-0.4, -0.2) is 74.6 Å². The third-order valence-corrected chi connectivity index (χ3v) is 5.32. The largest absolute Gasteiger partial charge is 0.369 e. The molecule has 2 aliphatic heterocycles. The summed E-state index contributed by atoms with van der Waals surface area (Å²) in [6.45, 7) is 6.34. The number of benzene rings is 1. The van der Waals surface area contributed by atoms with E-state index in [0.717, 1.165) is 50.7 Å². The molecule has 2 aliphatic rings. The third kappa shape index (κ3) is 5.89. The van der Waals surface area contributed by atoms with Crippen molar-refractivity contribution < 1.29 is 4.79 Å². The van der Waals surface area contributed by atoms with E-state index in [1.165, 1.54) is 12.1 Å². The molecule has 1 unspecified atom stereocenters. The van der Waals surface area contributed by atoms with Crippen LogP contribution in [0.3, 0.4) is 0 Å². The lowest BCUT2D eigenvalue weighted by atomic mass is 10.0. The fourth-order valence-corrected chi connectivity index (χ4v) is 3.94. The number of anilines is 1. The molecule has 3 rings (SSSR count). The summed E-state index contributed by atoms with van der Waals surface area (Å²) >= 11 is 6.11. The maximum atomic E-state index is 12.1. The Morgan fingerprint density at radius 2 is 1.92 bits per heavy atom. The first-order valence-corrected chi connectivity index (χ1v) is 9.22. The highest BCUT2D eigenvalue weighted by Gasteiger charge is 2.29. The molecule has 2 saturated heterocycles. The van der Waals surface area contributed by atoms with Gasteiger partial charge in [0, 0.05) is 56.0 Å². The van der Waals surface area contributed by atoms with E-state index in [-0.39, 0.29) is 30.7 Å². The number of carbonyl (C=O) groups excluding carboxylic acids is 1. The molecular weight excluding hydrogens is 395 g/mol. The van der Waals surface area contributed by atoms with Gasteiger partial charge < -0.3 is 15.1 Å². The number of likely N-dealkylation sites (N-methyl/N-ethyl adjacent to an activating group) is 1. The lowest BCUT2D eigenvalue weighted by Gasteiger charge is -2.44. The van der Waals surface area contributed by atoms with E-state index >= 15 is 0 Å². The summed E-state index contributed by atoms with van der Waals surface area (Å²) in [6, 6.07) is 8.59. The van der Waals surface area contributed by atoms with Crippen molar-refractivity contribution in [3.63, 3.8) is 0 Å². The van der Waals surface area contributed by atoms with Crippen LogP contribution >= 0.6 is 36.4 Å². The predicted octanol–water partition coefficient (Wildman–Crippen LogP) is 2.52. The number of likely N-dealkylation sites (tertiary alicyclic amines) is 1. The Hall–Kier alpha value is -0.720. The molecule has 0 aromatic heterocycles. The Labute approximate surface area is 173 Å². The number of halogens is 3. The van der Waals surface area contributed by atoms with Crippen LogP contribution in [0.5, 0.6) is 0 Å². The van der Waals surface area contributed by atoms with E-state index in [4.69, 9.17) is 11.6 Å². The Bertz CT molecular complexity index is 567. The number of carbonyl (C=O) groups is 1. The molecule has 148 valence electrons. The van der Waals surface area contributed by atoms with Crippen molar-refractivity contribution in [1.29, 1.82) is 0 Å². The number of nitrogens with one attached hydrogen (secondary N) is 1. The highest BCUT2D eigenvalue weighted by molar-refractivity contribution is 6.30. The predicted molar refractivity (Wildman–Crippen MR) is 113 cm³/mol. The number of nitrogens with zero attached hydrogens (tertiary/aromatic N) is 3. The second-order valence-corrected chi connectivity index (χ2v) is 7.11. The second-order valence-electron chi connectivity index (χ2n) is 6.67. The first-order valence-electron chi connectivity index (χ1n) is 8.84. The quantitative estimate of drug-likeness (QED) is 0.808. The highest BCUT2D eigenvalue weighted by Crippen LogP contribution is 2.23. The van der Waals surface area contributed by atoms with Crippen molar-refractivity contribution >= 4 is 48.0 Å². The van der Waals surface area contributed by atoms with Gasteiger partial charge in [0.25, 0.3) is 0 Å². The number of piperazine rings is 1. The molecule has 5 nitrogen and oxygen atoms in total. The van der Waals surface area contributed by atoms with E-state index in [1.54, 1.807) is 0 Å². The molecule has 2 heterocycles. The standard InChI is InChI=1S/C18H27ClN4O.2ClH/c1-20-13-18(24)23-7-3-6-17(14-23)22-10-8-21(9-11-22)16-5-2-4-15(19)12-16;;/h2,4-5,12,17,20H,3,6-11,13-14H2,1H3;2*1H. The van der Waals surface area contributed by atoms with Crippen LogP contribution in [0.2, 0.25) is 5.02 Å². The van der Waals surface area contributed by atoms with Crippen molar-refractivity contribution in [2.45, 2.75) is 18.9 Å². The van der Waals surface area contributed by atoms with Gasteiger partial charge in [-0.05, 0) is 38.1 Å². The van der Waals surface area contributed by atoms with Crippen molar-refractivity contribution in [2.75, 3.05) is 57.8 Å². The summed E-state index contributed by atoms with van der Waals surface area (Å²) in [6.07, 6.45) is 2.30. The molecule has 1 aromatic rings. The van der Waals surface area contributed by atoms with E-state index in [2.05, 4.69) is 21.2 Å². The summed E-state index contributed by atoms with van der Waals surface area (Å²) in [5.74, 6) is 0.222. The molecule has 1 atom stereocenters. The Kier molecular flexibility index (Phi) is 10.0. The lowest BCUT2D eigenvalue weighted by Crippen LogP contribution is -2.56. The van der Waals surface area contributed by atoms with Gasteiger partial charge in [0.15, 0.2) is 0 Å². The van der Waals surface area contributed by atoms with Crippen LogP contribution in [-0.2, 0) is 4.79 Å². The molecular formula is C18H29Cl3N4O. The number of rotatable bonds is 4. The second kappa shape index (κ2) is 11.2. The molecule has 0 saturated carbocycles. The maximum Gasteiger partial charge on any atom is 0.236 e. The zero-order valence-corrected chi connectivity index (χ0v) is 17.6. The van der Waals surface area contributed by atoms with E-state index in [1.807, 2.05) is 30.1 Å². The van der Waals surface area contributed by atoms with Gasteiger partial charge in [-0.1, -0.05) is 17.7 Å². The number of piperidine rings is 1.